The number of hydrogen-bond donors (Lipinski definition) is 1. The molecule has 4 nitrogen and oxygen atoms in total. The molecule has 0 aliphatic carbocycles. The number of nitrogens with two attached hydrogens (primary N) is 1. The van der Waals surface area contributed by atoms with Crippen LogP contribution < -0.4 is 10.5 Å². The second kappa shape index (κ2) is 4.77. The Morgan fingerprint density at radius 3 is 2.71 bits per heavy atom. The van der Waals surface area contributed by atoms with Gasteiger partial charge < -0.3 is 10.5 Å². The third kappa shape index (κ3) is 2.42. The summed E-state index contributed by atoms with van der Waals surface area (Å²) in [7, 11) is 1.43. The van der Waals surface area contributed by atoms with Gasteiger partial charge in [-0.2, -0.15) is 0 Å². The molecule has 17 heavy (non-hydrogen) atoms. The maximum atomic E-state index is 13.5. The van der Waals surface area contributed by atoms with Gasteiger partial charge in [-0.3, -0.25) is 0 Å². The van der Waals surface area contributed by atoms with E-state index < -0.39 is 5.82 Å². The summed E-state index contributed by atoms with van der Waals surface area (Å²) in [5.74, 6) is -0.201. The predicted octanol–water partition coefficient (Wildman–Crippen LogP) is 2.37. The Kier molecular flexibility index (Phi) is 3.35. The van der Waals surface area contributed by atoms with Crippen LogP contribution >= 0.6 is 11.3 Å². The monoisotopic (exact) mass is 253 g/mol. The third-order valence-electron chi connectivity index (χ3n) is 2.23. The second-order valence-corrected chi connectivity index (χ2v) is 4.59. The lowest BCUT2D eigenvalue weighted by Crippen LogP contribution is -2.03. The molecule has 2 N–H and O–H groups in total. The molecule has 0 aliphatic heterocycles. The highest BCUT2D eigenvalue weighted by Gasteiger charge is 2.11. The summed E-state index contributed by atoms with van der Waals surface area (Å²) in [6.45, 7) is 1.83. The van der Waals surface area contributed by atoms with Crippen molar-refractivity contribution in [2.75, 3.05) is 7.11 Å². The fraction of sp³-hybridized carbons (Fsp3) is 0.273. The smallest absolute Gasteiger partial charge is 0.165 e. The lowest BCUT2D eigenvalue weighted by atomic mass is 10.2. The van der Waals surface area contributed by atoms with Gasteiger partial charge in [0.25, 0.3) is 0 Å². The fourth-order valence-electron chi connectivity index (χ4n) is 1.33. The van der Waals surface area contributed by atoms with E-state index in [-0.39, 0.29) is 11.8 Å². The van der Waals surface area contributed by atoms with E-state index in [9.17, 15) is 4.39 Å². The van der Waals surface area contributed by atoms with Gasteiger partial charge in [0.1, 0.15) is 10.0 Å². The van der Waals surface area contributed by atoms with Crippen molar-refractivity contribution >= 4 is 11.3 Å². The van der Waals surface area contributed by atoms with Crippen LogP contribution in [-0.4, -0.2) is 17.3 Å². The van der Waals surface area contributed by atoms with Crippen molar-refractivity contribution < 1.29 is 9.13 Å². The van der Waals surface area contributed by atoms with Crippen molar-refractivity contribution in [3.8, 4) is 16.3 Å². The Bertz CT molecular complexity index is 527. The molecule has 1 aromatic carbocycles. The van der Waals surface area contributed by atoms with E-state index in [0.717, 1.165) is 5.01 Å². The van der Waals surface area contributed by atoms with Gasteiger partial charge in [-0.05, 0) is 25.1 Å². The summed E-state index contributed by atoms with van der Waals surface area (Å²) in [6.07, 6.45) is 0. The molecule has 2 rings (SSSR count). The minimum atomic E-state index is -0.414. The number of nitrogens with zero attached hydrogens (tertiary/aromatic N) is 2. The van der Waals surface area contributed by atoms with Crippen LogP contribution in [0.2, 0.25) is 0 Å². The van der Waals surface area contributed by atoms with Gasteiger partial charge >= 0.3 is 0 Å². The van der Waals surface area contributed by atoms with E-state index in [1.807, 2.05) is 6.92 Å². The lowest BCUT2D eigenvalue weighted by Gasteiger charge is -2.02. The minimum Gasteiger partial charge on any atom is -0.494 e. The SMILES string of the molecule is COc1ccc(-c2nnc(C(C)N)s2)cc1F. The van der Waals surface area contributed by atoms with Crippen molar-refractivity contribution in [1.82, 2.24) is 10.2 Å². The molecular formula is C11H12FN3OS. The third-order valence-corrected chi connectivity index (χ3v) is 3.40. The van der Waals surface area contributed by atoms with Gasteiger partial charge in [-0.15, -0.1) is 10.2 Å². The number of methoxy groups -OCH3 is 1. The Morgan fingerprint density at radius 2 is 2.18 bits per heavy atom. The molecule has 0 saturated heterocycles. The van der Waals surface area contributed by atoms with Gasteiger partial charge in [-0.25, -0.2) is 4.39 Å². The molecule has 1 heterocycles. The van der Waals surface area contributed by atoms with Gasteiger partial charge in [-0.1, -0.05) is 11.3 Å². The number of aromatic nitrogens is 2. The molecule has 0 spiro atoms. The molecule has 1 atom stereocenters. The lowest BCUT2D eigenvalue weighted by molar-refractivity contribution is 0.386. The first kappa shape index (κ1) is 11.9. The predicted molar refractivity (Wildman–Crippen MR) is 64.5 cm³/mol. The summed E-state index contributed by atoms with van der Waals surface area (Å²) in [5, 5.41) is 9.32. The zero-order chi connectivity index (χ0) is 12.4. The van der Waals surface area contributed by atoms with E-state index >= 15 is 0 Å². The van der Waals surface area contributed by atoms with E-state index in [2.05, 4.69) is 10.2 Å². The van der Waals surface area contributed by atoms with Gasteiger partial charge in [0.2, 0.25) is 0 Å². The minimum absolute atomic E-state index is 0.163. The molecule has 2 aromatic rings. The standard InChI is InChI=1S/C11H12FN3OS/c1-6(13)10-14-15-11(17-10)7-3-4-9(16-2)8(12)5-7/h3-6H,13H2,1-2H3. The fourth-order valence-corrected chi connectivity index (χ4v) is 2.13. The summed E-state index contributed by atoms with van der Waals surface area (Å²) >= 11 is 1.36. The summed E-state index contributed by atoms with van der Waals surface area (Å²) < 4.78 is 18.4. The number of hydrogen-bond acceptors (Lipinski definition) is 5. The average Bonchev–Trinajstić information content (AvgIpc) is 2.78. The van der Waals surface area contributed by atoms with Crippen LogP contribution in [0.15, 0.2) is 18.2 Å². The quantitative estimate of drug-likeness (QED) is 0.912. The molecule has 0 fully saturated rings. The summed E-state index contributed by atoms with van der Waals surface area (Å²) in [6, 6.07) is 4.53. The van der Waals surface area contributed by atoms with Crippen LogP contribution in [0.4, 0.5) is 4.39 Å². The van der Waals surface area contributed by atoms with Crippen molar-refractivity contribution in [3.05, 3.63) is 29.0 Å². The zero-order valence-electron chi connectivity index (χ0n) is 9.48. The summed E-state index contributed by atoms with van der Waals surface area (Å²) in [5.41, 5.74) is 6.37. The van der Waals surface area contributed by atoms with Crippen molar-refractivity contribution in [2.45, 2.75) is 13.0 Å². The molecular weight excluding hydrogens is 241 g/mol. The topological polar surface area (TPSA) is 61.0 Å². The molecule has 0 aliphatic rings. The van der Waals surface area contributed by atoms with Crippen LogP contribution in [0, 0.1) is 5.82 Å². The molecule has 0 radical (unpaired) electrons. The molecule has 0 saturated carbocycles. The maximum absolute atomic E-state index is 13.5. The first-order valence-electron chi connectivity index (χ1n) is 5.04. The highest BCUT2D eigenvalue weighted by Crippen LogP contribution is 2.29. The zero-order valence-corrected chi connectivity index (χ0v) is 10.3. The van der Waals surface area contributed by atoms with E-state index in [1.54, 1.807) is 12.1 Å². The van der Waals surface area contributed by atoms with Crippen LogP contribution in [0.1, 0.15) is 18.0 Å². The highest BCUT2D eigenvalue weighted by atomic mass is 32.1. The average molecular weight is 253 g/mol. The maximum Gasteiger partial charge on any atom is 0.165 e. The number of rotatable bonds is 3. The Morgan fingerprint density at radius 1 is 1.41 bits per heavy atom. The van der Waals surface area contributed by atoms with Crippen LogP contribution in [-0.2, 0) is 0 Å². The first-order valence-corrected chi connectivity index (χ1v) is 5.86. The van der Waals surface area contributed by atoms with E-state index in [1.165, 1.54) is 24.5 Å². The van der Waals surface area contributed by atoms with Gasteiger partial charge in [0.15, 0.2) is 11.6 Å². The van der Waals surface area contributed by atoms with Crippen LogP contribution in [0.5, 0.6) is 5.75 Å². The number of halogens is 1. The molecule has 0 bridgehead atoms. The first-order chi connectivity index (χ1) is 8.11. The second-order valence-electron chi connectivity index (χ2n) is 3.58. The van der Waals surface area contributed by atoms with Crippen LogP contribution in [0.3, 0.4) is 0 Å². The van der Waals surface area contributed by atoms with Crippen molar-refractivity contribution in [2.24, 2.45) is 5.73 Å². The highest BCUT2D eigenvalue weighted by molar-refractivity contribution is 7.14. The van der Waals surface area contributed by atoms with Crippen molar-refractivity contribution in [1.29, 1.82) is 0 Å². The Hall–Kier alpha value is -1.53. The molecule has 6 heteroatoms. The Labute approximate surface area is 102 Å². The van der Waals surface area contributed by atoms with E-state index in [0.29, 0.717) is 10.6 Å². The normalized spacial score (nSPS) is 12.5. The number of benzene rings is 1. The van der Waals surface area contributed by atoms with Gasteiger partial charge in [0, 0.05) is 5.56 Å². The summed E-state index contributed by atoms with van der Waals surface area (Å²) in [4.78, 5) is 0. The van der Waals surface area contributed by atoms with Crippen molar-refractivity contribution in [3.63, 3.8) is 0 Å². The molecule has 1 unspecified atom stereocenters. The number of ether oxygens (including phenoxy) is 1. The molecule has 90 valence electrons. The van der Waals surface area contributed by atoms with Crippen LogP contribution in [0.25, 0.3) is 10.6 Å². The Balaban J connectivity index is 2.36. The largest absolute Gasteiger partial charge is 0.494 e. The molecule has 1 aromatic heterocycles. The molecule has 0 amide bonds. The van der Waals surface area contributed by atoms with E-state index in [4.69, 9.17) is 10.5 Å². The van der Waals surface area contributed by atoms with Gasteiger partial charge in [0.05, 0.1) is 13.2 Å².